The first-order chi connectivity index (χ1) is 10.5. The average molecular weight is 374 g/mol. The van der Waals surface area contributed by atoms with E-state index in [1.807, 2.05) is 48.5 Å². The summed E-state index contributed by atoms with van der Waals surface area (Å²) in [4.78, 5) is 16.1. The molecule has 4 nitrogen and oxygen atoms in total. The first-order valence-electron chi connectivity index (χ1n) is 6.47. The third-order valence-corrected chi connectivity index (χ3v) is 4.72. The second kappa shape index (κ2) is 5.90. The van der Waals surface area contributed by atoms with Crippen LogP contribution in [0.4, 0.5) is 0 Å². The Morgan fingerprint density at radius 3 is 2.59 bits per heavy atom. The van der Waals surface area contributed by atoms with E-state index in [1.54, 1.807) is 0 Å². The smallest absolute Gasteiger partial charge is 0.290 e. The van der Waals surface area contributed by atoms with Crippen LogP contribution in [-0.2, 0) is 0 Å². The van der Waals surface area contributed by atoms with E-state index in [0.717, 1.165) is 25.7 Å². The van der Waals surface area contributed by atoms with Crippen molar-refractivity contribution in [1.29, 1.82) is 0 Å². The van der Waals surface area contributed by atoms with Crippen molar-refractivity contribution in [3.05, 3.63) is 57.9 Å². The van der Waals surface area contributed by atoms with E-state index in [0.29, 0.717) is 4.88 Å². The molecule has 0 atom stereocenters. The summed E-state index contributed by atoms with van der Waals surface area (Å²) in [5.74, 6) is -0.643. The van der Waals surface area contributed by atoms with Crippen molar-refractivity contribution in [2.24, 2.45) is 16.5 Å². The van der Waals surface area contributed by atoms with Crippen molar-refractivity contribution >= 4 is 49.2 Å². The van der Waals surface area contributed by atoms with Crippen LogP contribution in [-0.4, -0.2) is 11.9 Å². The maximum absolute atomic E-state index is 12.0. The fourth-order valence-electron chi connectivity index (χ4n) is 2.25. The van der Waals surface area contributed by atoms with Gasteiger partial charge in [0.2, 0.25) is 0 Å². The zero-order valence-corrected chi connectivity index (χ0v) is 13.8. The molecule has 1 amide bonds. The van der Waals surface area contributed by atoms with Gasteiger partial charge in [-0.25, -0.2) is 0 Å². The number of nitrogens with two attached hydrogens (primary N) is 2. The van der Waals surface area contributed by atoms with Crippen LogP contribution < -0.4 is 11.5 Å². The zero-order valence-electron chi connectivity index (χ0n) is 11.4. The Labute approximate surface area is 139 Å². The average Bonchev–Trinajstić information content (AvgIpc) is 2.90. The zero-order chi connectivity index (χ0) is 15.7. The Morgan fingerprint density at radius 1 is 1.09 bits per heavy atom. The minimum atomic E-state index is -0.415. The molecule has 0 saturated carbocycles. The van der Waals surface area contributed by atoms with Gasteiger partial charge in [0.1, 0.15) is 0 Å². The molecule has 6 heteroatoms. The van der Waals surface area contributed by atoms with Crippen LogP contribution >= 0.6 is 27.3 Å². The lowest BCUT2D eigenvalue weighted by atomic mass is 10.0. The molecule has 22 heavy (non-hydrogen) atoms. The van der Waals surface area contributed by atoms with Crippen LogP contribution in [0.5, 0.6) is 0 Å². The van der Waals surface area contributed by atoms with Crippen LogP contribution in [0.1, 0.15) is 9.67 Å². The predicted octanol–water partition coefficient (Wildman–Crippen LogP) is 3.74. The lowest BCUT2D eigenvalue weighted by Crippen LogP contribution is -2.24. The molecule has 110 valence electrons. The van der Waals surface area contributed by atoms with E-state index < -0.39 is 5.91 Å². The topological polar surface area (TPSA) is 81.5 Å². The van der Waals surface area contributed by atoms with E-state index >= 15 is 0 Å². The van der Waals surface area contributed by atoms with E-state index in [2.05, 4.69) is 20.9 Å². The highest BCUT2D eigenvalue weighted by atomic mass is 79.9. The molecule has 0 aliphatic carbocycles. The molecule has 4 N–H and O–H groups in total. The fraction of sp³-hybridized carbons (Fsp3) is 0. The highest BCUT2D eigenvalue weighted by Crippen LogP contribution is 2.35. The molecule has 0 bridgehead atoms. The Morgan fingerprint density at radius 2 is 1.86 bits per heavy atom. The molecular weight excluding hydrogens is 362 g/mol. The Kier molecular flexibility index (Phi) is 3.96. The van der Waals surface area contributed by atoms with Gasteiger partial charge in [0.25, 0.3) is 5.91 Å². The van der Waals surface area contributed by atoms with Crippen molar-refractivity contribution in [2.75, 3.05) is 0 Å². The van der Waals surface area contributed by atoms with E-state index in [4.69, 9.17) is 11.5 Å². The maximum Gasteiger partial charge on any atom is 0.290 e. The maximum atomic E-state index is 12.0. The summed E-state index contributed by atoms with van der Waals surface area (Å²) in [5.41, 5.74) is 12.7. The Hall–Kier alpha value is -2.18. The van der Waals surface area contributed by atoms with Crippen LogP contribution in [0.15, 0.2) is 58.0 Å². The molecule has 0 aliphatic rings. The normalized spacial score (nSPS) is 10.6. The third kappa shape index (κ3) is 2.88. The van der Waals surface area contributed by atoms with Crippen molar-refractivity contribution in [2.45, 2.75) is 0 Å². The molecule has 3 aromatic rings. The molecule has 1 aromatic heterocycles. The number of carbonyl (C=O) groups is 1. The van der Waals surface area contributed by atoms with Crippen molar-refractivity contribution < 1.29 is 4.79 Å². The number of halogens is 1. The quantitative estimate of drug-likeness (QED) is 0.530. The summed E-state index contributed by atoms with van der Waals surface area (Å²) in [7, 11) is 0. The minimum Gasteiger partial charge on any atom is -0.370 e. The monoisotopic (exact) mass is 373 g/mol. The van der Waals surface area contributed by atoms with Crippen molar-refractivity contribution in [3.63, 3.8) is 0 Å². The second-order valence-electron chi connectivity index (χ2n) is 4.68. The first-order valence-corrected chi connectivity index (χ1v) is 8.08. The molecule has 0 spiro atoms. The number of carbonyl (C=O) groups excluding carboxylic acids is 1. The van der Waals surface area contributed by atoms with Gasteiger partial charge >= 0.3 is 0 Å². The van der Waals surface area contributed by atoms with Crippen molar-refractivity contribution in [1.82, 2.24) is 0 Å². The lowest BCUT2D eigenvalue weighted by Gasteiger charge is -2.04. The van der Waals surface area contributed by atoms with Crippen LogP contribution in [0, 0.1) is 0 Å². The standard InChI is InChI=1S/C16H12BrN3OS/c17-10-4-1-3-9(7-10)11-5-2-6-13-12(11)8-14(22-13)15(21)20-16(18)19/h1-8H,(H4,18,19,20,21). The lowest BCUT2D eigenvalue weighted by molar-refractivity contribution is 0.101. The third-order valence-electron chi connectivity index (χ3n) is 3.14. The molecule has 0 radical (unpaired) electrons. The number of fused-ring (bicyclic) bond motifs is 1. The highest BCUT2D eigenvalue weighted by molar-refractivity contribution is 9.10. The van der Waals surface area contributed by atoms with Gasteiger partial charge in [0.15, 0.2) is 5.96 Å². The number of thiophene rings is 1. The van der Waals surface area contributed by atoms with Gasteiger partial charge < -0.3 is 11.5 Å². The molecule has 1 heterocycles. The van der Waals surface area contributed by atoms with Crippen LogP contribution in [0.2, 0.25) is 0 Å². The summed E-state index contributed by atoms with van der Waals surface area (Å²) in [5, 5.41) is 1.01. The van der Waals surface area contributed by atoms with Gasteiger partial charge in [-0.15, -0.1) is 11.3 Å². The van der Waals surface area contributed by atoms with E-state index in [9.17, 15) is 4.79 Å². The largest absolute Gasteiger partial charge is 0.370 e. The summed E-state index contributed by atoms with van der Waals surface area (Å²) in [6, 6.07) is 15.9. The van der Waals surface area contributed by atoms with Gasteiger partial charge in [0.05, 0.1) is 4.88 Å². The van der Waals surface area contributed by atoms with Gasteiger partial charge in [-0.3, -0.25) is 4.79 Å². The molecule has 0 saturated heterocycles. The minimum absolute atomic E-state index is 0.227. The highest BCUT2D eigenvalue weighted by Gasteiger charge is 2.13. The molecular formula is C16H12BrN3OS. The van der Waals surface area contributed by atoms with E-state index in [1.165, 1.54) is 11.3 Å². The predicted molar refractivity (Wildman–Crippen MR) is 95.1 cm³/mol. The van der Waals surface area contributed by atoms with Gasteiger partial charge in [-0.05, 0) is 35.4 Å². The van der Waals surface area contributed by atoms with Crippen LogP contribution in [0.25, 0.3) is 21.2 Å². The number of aliphatic imine (C=N–C) groups is 1. The van der Waals surface area contributed by atoms with Gasteiger partial charge in [-0.2, -0.15) is 4.99 Å². The SMILES string of the molecule is NC(N)=NC(=O)c1cc2c(-c3cccc(Br)c3)cccc2s1. The molecule has 0 fully saturated rings. The van der Waals surface area contributed by atoms with Gasteiger partial charge in [0, 0.05) is 14.6 Å². The van der Waals surface area contributed by atoms with Crippen LogP contribution in [0.3, 0.4) is 0 Å². The number of amides is 1. The first kappa shape index (κ1) is 14.7. The number of rotatable bonds is 2. The molecule has 3 rings (SSSR count). The summed E-state index contributed by atoms with van der Waals surface area (Å²) < 4.78 is 2.03. The van der Waals surface area contributed by atoms with Crippen molar-refractivity contribution in [3.8, 4) is 11.1 Å². The van der Waals surface area contributed by atoms with Gasteiger partial charge in [-0.1, -0.05) is 40.2 Å². The molecule has 2 aromatic carbocycles. The number of benzene rings is 2. The second-order valence-corrected chi connectivity index (χ2v) is 6.68. The van der Waals surface area contributed by atoms with E-state index in [-0.39, 0.29) is 5.96 Å². The number of hydrogen-bond acceptors (Lipinski definition) is 2. The number of hydrogen-bond donors (Lipinski definition) is 2. The number of nitrogens with zero attached hydrogens (tertiary/aromatic N) is 1. The number of guanidine groups is 1. The summed E-state index contributed by atoms with van der Waals surface area (Å²) in [6.45, 7) is 0. The molecule has 0 unspecified atom stereocenters. The fourth-order valence-corrected chi connectivity index (χ4v) is 3.62. The molecule has 0 aliphatic heterocycles. The summed E-state index contributed by atoms with van der Waals surface area (Å²) >= 11 is 4.86. The Balaban J connectivity index is 2.15. The summed E-state index contributed by atoms with van der Waals surface area (Å²) in [6.07, 6.45) is 0. The Bertz CT molecular complexity index is 897.